The van der Waals surface area contributed by atoms with E-state index < -0.39 is 33.5 Å². The van der Waals surface area contributed by atoms with Gasteiger partial charge in [-0.25, -0.2) is 17.5 Å². The SMILES string of the molecule is O=S(=O)(Cc1ccccc1F)NCCn1nc(C(F)(F)F)cc1C1CC1. The van der Waals surface area contributed by atoms with Crippen LogP contribution in [0, 0.1) is 5.82 Å². The first-order valence-electron chi connectivity index (χ1n) is 8.01. The van der Waals surface area contributed by atoms with Crippen molar-refractivity contribution in [3.63, 3.8) is 0 Å². The average Bonchev–Trinajstić information content (AvgIpc) is 3.28. The third-order valence-electron chi connectivity index (χ3n) is 4.05. The van der Waals surface area contributed by atoms with Gasteiger partial charge in [-0.1, -0.05) is 18.2 Å². The molecule has 0 bridgehead atoms. The molecule has 0 spiro atoms. The highest BCUT2D eigenvalue weighted by atomic mass is 32.2. The summed E-state index contributed by atoms with van der Waals surface area (Å²) in [6.45, 7) is -0.159. The van der Waals surface area contributed by atoms with Crippen molar-refractivity contribution in [2.75, 3.05) is 6.54 Å². The molecule has 1 aromatic heterocycles. The Kier molecular flexibility index (Phi) is 5.07. The highest BCUT2D eigenvalue weighted by Gasteiger charge is 2.37. The monoisotopic (exact) mass is 391 g/mol. The first-order valence-corrected chi connectivity index (χ1v) is 9.66. The molecule has 1 aliphatic rings. The van der Waals surface area contributed by atoms with Crippen molar-refractivity contribution in [2.45, 2.75) is 37.2 Å². The second-order valence-corrected chi connectivity index (χ2v) is 8.00. The molecule has 2 aromatic rings. The van der Waals surface area contributed by atoms with Crippen molar-refractivity contribution in [1.29, 1.82) is 0 Å². The van der Waals surface area contributed by atoms with Crippen LogP contribution >= 0.6 is 0 Å². The first-order chi connectivity index (χ1) is 12.2. The van der Waals surface area contributed by atoms with Crippen LogP contribution in [-0.2, 0) is 28.5 Å². The van der Waals surface area contributed by atoms with Crippen LogP contribution < -0.4 is 4.72 Å². The fourth-order valence-corrected chi connectivity index (χ4v) is 3.78. The fraction of sp³-hybridized carbons (Fsp3) is 0.438. The van der Waals surface area contributed by atoms with E-state index in [1.807, 2.05) is 0 Å². The van der Waals surface area contributed by atoms with Crippen LogP contribution in [0.2, 0.25) is 0 Å². The van der Waals surface area contributed by atoms with Gasteiger partial charge in [0.1, 0.15) is 5.82 Å². The first kappa shape index (κ1) is 18.8. The lowest BCUT2D eigenvalue weighted by Crippen LogP contribution is -2.29. The summed E-state index contributed by atoms with van der Waals surface area (Å²) in [5, 5.41) is 3.56. The molecule has 1 aliphatic carbocycles. The zero-order chi connectivity index (χ0) is 18.9. The summed E-state index contributed by atoms with van der Waals surface area (Å²) in [5.74, 6) is -1.13. The van der Waals surface area contributed by atoms with Crippen LogP contribution in [0.15, 0.2) is 30.3 Å². The molecule has 0 aliphatic heterocycles. The van der Waals surface area contributed by atoms with Gasteiger partial charge < -0.3 is 0 Å². The van der Waals surface area contributed by atoms with Crippen LogP contribution in [0.5, 0.6) is 0 Å². The maximum atomic E-state index is 13.6. The topological polar surface area (TPSA) is 64.0 Å². The molecule has 10 heteroatoms. The zero-order valence-electron chi connectivity index (χ0n) is 13.6. The summed E-state index contributed by atoms with van der Waals surface area (Å²) in [6.07, 6.45) is -2.96. The van der Waals surface area contributed by atoms with Crippen molar-refractivity contribution in [2.24, 2.45) is 0 Å². The molecule has 142 valence electrons. The van der Waals surface area contributed by atoms with E-state index in [0.717, 1.165) is 25.0 Å². The number of benzene rings is 1. The quantitative estimate of drug-likeness (QED) is 0.738. The highest BCUT2D eigenvalue weighted by Crippen LogP contribution is 2.42. The fourth-order valence-electron chi connectivity index (χ4n) is 2.63. The number of sulfonamides is 1. The number of aromatic nitrogens is 2. The van der Waals surface area contributed by atoms with E-state index >= 15 is 0 Å². The van der Waals surface area contributed by atoms with Crippen LogP contribution in [0.3, 0.4) is 0 Å². The molecule has 0 atom stereocenters. The third kappa shape index (κ3) is 4.61. The Morgan fingerprint density at radius 3 is 2.54 bits per heavy atom. The van der Waals surface area contributed by atoms with Gasteiger partial charge in [0.25, 0.3) is 0 Å². The summed E-state index contributed by atoms with van der Waals surface area (Å²) >= 11 is 0. The molecular formula is C16H17F4N3O2S. The maximum absolute atomic E-state index is 13.6. The average molecular weight is 391 g/mol. The number of nitrogens with one attached hydrogen (secondary N) is 1. The molecule has 0 saturated heterocycles. The van der Waals surface area contributed by atoms with Gasteiger partial charge in [0, 0.05) is 23.7 Å². The summed E-state index contributed by atoms with van der Waals surface area (Å²) in [6, 6.07) is 6.52. The van der Waals surface area contributed by atoms with Crippen molar-refractivity contribution in [1.82, 2.24) is 14.5 Å². The standard InChI is InChI=1S/C16H17F4N3O2S/c17-13-4-2-1-3-12(13)10-26(24,25)21-7-8-23-14(11-5-6-11)9-15(22-23)16(18,19)20/h1-4,9,11,21H,5-8,10H2. The minimum absolute atomic E-state index is 0.0251. The van der Waals surface area contributed by atoms with Crippen molar-refractivity contribution >= 4 is 10.0 Å². The predicted octanol–water partition coefficient (Wildman–Crippen LogP) is 3.04. The van der Waals surface area contributed by atoms with Gasteiger partial charge in [0.2, 0.25) is 10.0 Å². The summed E-state index contributed by atoms with van der Waals surface area (Å²) < 4.78 is 79.6. The van der Waals surface area contributed by atoms with Crippen molar-refractivity contribution in [3.05, 3.63) is 53.1 Å². The summed E-state index contributed by atoms with van der Waals surface area (Å²) in [7, 11) is -3.82. The van der Waals surface area contributed by atoms with E-state index in [9.17, 15) is 26.0 Å². The molecule has 1 aromatic carbocycles. The largest absolute Gasteiger partial charge is 0.435 e. The van der Waals surface area contributed by atoms with E-state index in [2.05, 4.69) is 9.82 Å². The van der Waals surface area contributed by atoms with Gasteiger partial charge in [0.05, 0.1) is 12.3 Å². The Hall–Kier alpha value is -1.94. The second-order valence-electron chi connectivity index (χ2n) is 6.19. The Labute approximate surface area is 148 Å². The minimum atomic E-state index is -4.54. The van der Waals surface area contributed by atoms with E-state index in [4.69, 9.17) is 0 Å². The van der Waals surface area contributed by atoms with Crippen molar-refractivity contribution < 1.29 is 26.0 Å². The van der Waals surface area contributed by atoms with Gasteiger partial charge in [-0.3, -0.25) is 4.68 Å². The van der Waals surface area contributed by atoms with Gasteiger partial charge in [-0.2, -0.15) is 18.3 Å². The lowest BCUT2D eigenvalue weighted by atomic mass is 10.2. The number of hydrogen-bond acceptors (Lipinski definition) is 3. The minimum Gasteiger partial charge on any atom is -0.267 e. The Balaban J connectivity index is 1.64. The van der Waals surface area contributed by atoms with E-state index in [-0.39, 0.29) is 24.6 Å². The molecule has 3 rings (SSSR count). The van der Waals surface area contributed by atoms with Crippen LogP contribution in [0.1, 0.15) is 35.7 Å². The maximum Gasteiger partial charge on any atom is 0.435 e. The highest BCUT2D eigenvalue weighted by molar-refractivity contribution is 7.88. The van der Waals surface area contributed by atoms with Gasteiger partial charge >= 0.3 is 6.18 Å². The molecule has 5 nitrogen and oxygen atoms in total. The molecular weight excluding hydrogens is 374 g/mol. The van der Waals surface area contributed by atoms with Crippen LogP contribution in [0.4, 0.5) is 17.6 Å². The van der Waals surface area contributed by atoms with Crippen LogP contribution in [0.25, 0.3) is 0 Å². The molecule has 0 unspecified atom stereocenters. The zero-order valence-corrected chi connectivity index (χ0v) is 14.4. The van der Waals surface area contributed by atoms with E-state index in [1.165, 1.54) is 22.9 Å². The Morgan fingerprint density at radius 2 is 1.92 bits per heavy atom. The smallest absolute Gasteiger partial charge is 0.267 e. The van der Waals surface area contributed by atoms with E-state index in [1.54, 1.807) is 0 Å². The van der Waals surface area contributed by atoms with Gasteiger partial charge in [-0.15, -0.1) is 0 Å². The van der Waals surface area contributed by atoms with Gasteiger partial charge in [0.15, 0.2) is 5.69 Å². The third-order valence-corrected chi connectivity index (χ3v) is 5.38. The Morgan fingerprint density at radius 1 is 1.23 bits per heavy atom. The summed E-state index contributed by atoms with van der Waals surface area (Å²) in [5.41, 5.74) is -0.489. The number of rotatable bonds is 7. The number of halogens is 4. The Bertz CT molecular complexity index is 889. The molecule has 26 heavy (non-hydrogen) atoms. The molecule has 1 saturated carbocycles. The molecule has 1 N–H and O–H groups in total. The van der Waals surface area contributed by atoms with Crippen molar-refractivity contribution in [3.8, 4) is 0 Å². The molecule has 0 radical (unpaired) electrons. The predicted molar refractivity (Wildman–Crippen MR) is 86.2 cm³/mol. The lowest BCUT2D eigenvalue weighted by molar-refractivity contribution is -0.141. The molecule has 0 amide bonds. The number of alkyl halides is 3. The lowest BCUT2D eigenvalue weighted by Gasteiger charge is -2.09. The second kappa shape index (κ2) is 6.99. The number of nitrogens with zero attached hydrogens (tertiary/aromatic N) is 2. The normalized spacial score (nSPS) is 15.4. The van der Waals surface area contributed by atoms with Gasteiger partial charge in [-0.05, 0) is 25.0 Å². The van der Waals surface area contributed by atoms with E-state index in [0.29, 0.717) is 5.69 Å². The number of hydrogen-bond donors (Lipinski definition) is 1. The molecule has 1 heterocycles. The van der Waals surface area contributed by atoms with Crippen LogP contribution in [-0.4, -0.2) is 24.7 Å². The molecule has 1 fully saturated rings. The summed E-state index contributed by atoms with van der Waals surface area (Å²) in [4.78, 5) is 0.